The second-order valence-corrected chi connectivity index (χ2v) is 6.47. The number of aromatic nitrogens is 1. The van der Waals surface area contributed by atoms with E-state index in [2.05, 4.69) is 15.2 Å². The van der Waals surface area contributed by atoms with Crippen molar-refractivity contribution >= 4 is 6.09 Å². The Bertz CT molecular complexity index is 456. The van der Waals surface area contributed by atoms with E-state index in [0.717, 1.165) is 31.6 Å². The van der Waals surface area contributed by atoms with Crippen molar-refractivity contribution in [2.75, 3.05) is 13.1 Å². The van der Waals surface area contributed by atoms with Crippen molar-refractivity contribution < 1.29 is 9.53 Å². The lowest BCUT2D eigenvalue weighted by Gasteiger charge is -2.25. The van der Waals surface area contributed by atoms with Crippen molar-refractivity contribution in [3.05, 3.63) is 30.1 Å². The average Bonchev–Trinajstić information content (AvgIpc) is 2.83. The summed E-state index contributed by atoms with van der Waals surface area (Å²) >= 11 is 0. The first kappa shape index (κ1) is 15.8. The first-order chi connectivity index (χ1) is 9.94. The lowest BCUT2D eigenvalue weighted by molar-refractivity contribution is 0.0512. The quantitative estimate of drug-likeness (QED) is 0.926. The normalized spacial score (nSPS) is 19.5. The third-order valence-corrected chi connectivity index (χ3v) is 3.47. The number of rotatable bonds is 4. The van der Waals surface area contributed by atoms with Gasteiger partial charge in [0.15, 0.2) is 0 Å². The number of nitrogens with one attached hydrogen (secondary N) is 1. The maximum Gasteiger partial charge on any atom is 0.407 e. The van der Waals surface area contributed by atoms with Crippen LogP contribution >= 0.6 is 0 Å². The van der Waals surface area contributed by atoms with Crippen LogP contribution < -0.4 is 5.32 Å². The van der Waals surface area contributed by atoms with Crippen molar-refractivity contribution in [2.45, 2.75) is 51.8 Å². The van der Waals surface area contributed by atoms with Crippen molar-refractivity contribution in [2.24, 2.45) is 0 Å². The molecule has 0 unspecified atom stereocenters. The van der Waals surface area contributed by atoms with E-state index in [-0.39, 0.29) is 6.09 Å². The van der Waals surface area contributed by atoms with Crippen LogP contribution in [0.25, 0.3) is 0 Å². The Morgan fingerprint density at radius 2 is 2.29 bits per heavy atom. The van der Waals surface area contributed by atoms with Gasteiger partial charge in [-0.3, -0.25) is 9.88 Å². The summed E-state index contributed by atoms with van der Waals surface area (Å²) in [7, 11) is 0. The number of likely N-dealkylation sites (tertiary alicyclic amines) is 1. The molecule has 21 heavy (non-hydrogen) atoms. The van der Waals surface area contributed by atoms with E-state index < -0.39 is 5.60 Å². The standard InChI is InChI=1S/C16H25N3O2/c1-16(2,3)21-15(20)18-11-14-8-6-10-19(14)12-13-7-4-5-9-17-13/h4-5,7,9,14H,6,8,10-12H2,1-3H3,(H,18,20)/t14-/m1/s1. The van der Waals surface area contributed by atoms with Gasteiger partial charge in [0.2, 0.25) is 0 Å². The molecule has 0 aliphatic carbocycles. The Morgan fingerprint density at radius 1 is 1.48 bits per heavy atom. The molecule has 0 aromatic carbocycles. The molecule has 1 amide bonds. The molecule has 1 aromatic rings. The first-order valence-electron chi connectivity index (χ1n) is 7.55. The zero-order chi connectivity index (χ0) is 15.3. The number of amides is 1. The molecule has 1 aliphatic heterocycles. The minimum absolute atomic E-state index is 0.341. The Morgan fingerprint density at radius 3 is 2.95 bits per heavy atom. The molecule has 2 heterocycles. The lowest BCUT2D eigenvalue weighted by Crippen LogP contribution is -2.41. The molecule has 0 bridgehead atoms. The van der Waals surface area contributed by atoms with Crippen LogP contribution in [-0.4, -0.2) is 40.7 Å². The smallest absolute Gasteiger partial charge is 0.407 e. The van der Waals surface area contributed by atoms with E-state index in [1.54, 1.807) is 0 Å². The summed E-state index contributed by atoms with van der Waals surface area (Å²) in [6.07, 6.45) is 3.74. The molecule has 1 aliphatic rings. The Hall–Kier alpha value is -1.62. The largest absolute Gasteiger partial charge is 0.444 e. The molecular formula is C16H25N3O2. The van der Waals surface area contributed by atoms with Crippen LogP contribution in [0, 0.1) is 0 Å². The Labute approximate surface area is 126 Å². The van der Waals surface area contributed by atoms with Gasteiger partial charge in [-0.05, 0) is 52.3 Å². The summed E-state index contributed by atoms with van der Waals surface area (Å²) in [6.45, 7) is 8.13. The van der Waals surface area contributed by atoms with Gasteiger partial charge in [-0.25, -0.2) is 4.79 Å². The monoisotopic (exact) mass is 291 g/mol. The van der Waals surface area contributed by atoms with E-state index in [9.17, 15) is 4.79 Å². The summed E-state index contributed by atoms with van der Waals surface area (Å²) in [5, 5.41) is 2.87. The molecule has 5 nitrogen and oxygen atoms in total. The molecule has 1 atom stereocenters. The third kappa shape index (κ3) is 5.34. The van der Waals surface area contributed by atoms with E-state index >= 15 is 0 Å². The maximum atomic E-state index is 11.7. The fourth-order valence-corrected chi connectivity index (χ4v) is 2.55. The van der Waals surface area contributed by atoms with Gasteiger partial charge in [-0.2, -0.15) is 0 Å². The fourth-order valence-electron chi connectivity index (χ4n) is 2.55. The van der Waals surface area contributed by atoms with E-state index in [1.165, 1.54) is 0 Å². The van der Waals surface area contributed by atoms with Gasteiger partial charge in [0.25, 0.3) is 0 Å². The molecule has 1 saturated heterocycles. The molecule has 0 spiro atoms. The molecule has 116 valence electrons. The Balaban J connectivity index is 1.81. The predicted octanol–water partition coefficient (Wildman–Crippen LogP) is 2.57. The second kappa shape index (κ2) is 6.89. The number of alkyl carbamates (subject to hydrolysis) is 1. The molecule has 1 aromatic heterocycles. The van der Waals surface area contributed by atoms with Gasteiger partial charge in [0, 0.05) is 25.3 Å². The average molecular weight is 291 g/mol. The zero-order valence-corrected chi connectivity index (χ0v) is 13.1. The van der Waals surface area contributed by atoms with E-state index in [0.29, 0.717) is 12.6 Å². The van der Waals surface area contributed by atoms with Crippen molar-refractivity contribution in [1.29, 1.82) is 0 Å². The molecule has 5 heteroatoms. The summed E-state index contributed by atoms with van der Waals surface area (Å²) in [6, 6.07) is 6.33. The van der Waals surface area contributed by atoms with Crippen LogP contribution in [0.3, 0.4) is 0 Å². The SMILES string of the molecule is CC(C)(C)OC(=O)NC[C@H]1CCCN1Cc1ccccn1. The number of pyridine rings is 1. The second-order valence-electron chi connectivity index (χ2n) is 6.47. The summed E-state index contributed by atoms with van der Waals surface area (Å²) in [5.41, 5.74) is 0.620. The molecule has 0 radical (unpaired) electrons. The lowest BCUT2D eigenvalue weighted by atomic mass is 10.2. The number of carbonyl (C=O) groups is 1. The van der Waals surface area contributed by atoms with Crippen LogP contribution in [0.5, 0.6) is 0 Å². The third-order valence-electron chi connectivity index (χ3n) is 3.47. The minimum atomic E-state index is -0.451. The number of nitrogens with zero attached hydrogens (tertiary/aromatic N) is 2. The van der Waals surface area contributed by atoms with Gasteiger partial charge >= 0.3 is 6.09 Å². The van der Waals surface area contributed by atoms with Gasteiger partial charge in [-0.15, -0.1) is 0 Å². The summed E-state index contributed by atoms with van der Waals surface area (Å²) in [4.78, 5) is 18.5. The van der Waals surface area contributed by atoms with Gasteiger partial charge < -0.3 is 10.1 Å². The van der Waals surface area contributed by atoms with Gasteiger partial charge in [-0.1, -0.05) is 6.07 Å². The minimum Gasteiger partial charge on any atom is -0.444 e. The molecule has 1 fully saturated rings. The van der Waals surface area contributed by atoms with Crippen molar-refractivity contribution in [3.8, 4) is 0 Å². The Kier molecular flexibility index (Phi) is 5.17. The molecule has 0 saturated carbocycles. The van der Waals surface area contributed by atoms with Crippen LogP contribution in [-0.2, 0) is 11.3 Å². The van der Waals surface area contributed by atoms with Crippen LogP contribution in [0.1, 0.15) is 39.3 Å². The topological polar surface area (TPSA) is 54.5 Å². The first-order valence-corrected chi connectivity index (χ1v) is 7.55. The highest BCUT2D eigenvalue weighted by Gasteiger charge is 2.26. The maximum absolute atomic E-state index is 11.7. The van der Waals surface area contributed by atoms with E-state index in [4.69, 9.17) is 4.74 Å². The molecule has 1 N–H and O–H groups in total. The number of ether oxygens (including phenoxy) is 1. The summed E-state index contributed by atoms with van der Waals surface area (Å²) in [5.74, 6) is 0. The number of hydrogen-bond acceptors (Lipinski definition) is 4. The van der Waals surface area contributed by atoms with Crippen LogP contribution in [0.15, 0.2) is 24.4 Å². The predicted molar refractivity (Wildman–Crippen MR) is 81.9 cm³/mol. The van der Waals surface area contributed by atoms with Crippen LogP contribution in [0.2, 0.25) is 0 Å². The van der Waals surface area contributed by atoms with Crippen molar-refractivity contribution in [1.82, 2.24) is 15.2 Å². The van der Waals surface area contributed by atoms with Crippen molar-refractivity contribution in [3.63, 3.8) is 0 Å². The highest BCUT2D eigenvalue weighted by Crippen LogP contribution is 2.19. The highest BCUT2D eigenvalue weighted by molar-refractivity contribution is 5.67. The molecule has 2 rings (SSSR count). The summed E-state index contributed by atoms with van der Waals surface area (Å²) < 4.78 is 5.27. The van der Waals surface area contributed by atoms with Gasteiger partial charge in [0.1, 0.15) is 5.60 Å². The van der Waals surface area contributed by atoms with Crippen LogP contribution in [0.4, 0.5) is 4.79 Å². The fraction of sp³-hybridized carbons (Fsp3) is 0.625. The zero-order valence-electron chi connectivity index (χ0n) is 13.1. The number of carbonyl (C=O) groups excluding carboxylic acids is 1. The van der Waals surface area contributed by atoms with Gasteiger partial charge in [0.05, 0.1) is 5.69 Å². The van der Waals surface area contributed by atoms with E-state index in [1.807, 2.05) is 45.2 Å². The highest BCUT2D eigenvalue weighted by atomic mass is 16.6. The molecular weight excluding hydrogens is 266 g/mol. The number of hydrogen-bond donors (Lipinski definition) is 1.